The smallest absolute Gasteiger partial charge is 0.316 e. The van der Waals surface area contributed by atoms with E-state index in [1.54, 1.807) is 0 Å². The van der Waals surface area contributed by atoms with Crippen molar-refractivity contribution >= 4 is 17.4 Å². The molecule has 0 aromatic heterocycles. The quantitative estimate of drug-likeness (QED) is 0.782. The highest BCUT2D eigenvalue weighted by molar-refractivity contribution is 5.87. The van der Waals surface area contributed by atoms with Crippen molar-refractivity contribution in [2.24, 2.45) is 17.6 Å². The van der Waals surface area contributed by atoms with Crippen LogP contribution < -0.4 is 16.4 Å². The van der Waals surface area contributed by atoms with Gasteiger partial charge in [0.2, 0.25) is 0 Å². The maximum Gasteiger partial charge on any atom is 0.316 e. The number of nitrogens with one attached hydrogen (secondary N) is 2. The molecule has 4 N–H and O–H groups in total. The van der Waals surface area contributed by atoms with E-state index in [2.05, 4.69) is 24.5 Å². The van der Waals surface area contributed by atoms with Gasteiger partial charge in [0.15, 0.2) is 0 Å². The number of primary amides is 1. The van der Waals surface area contributed by atoms with E-state index in [0.29, 0.717) is 6.04 Å². The number of benzene rings is 1. The fourth-order valence-electron chi connectivity index (χ4n) is 2.99. The Balaban J connectivity index is 1.91. The third-order valence-electron chi connectivity index (χ3n) is 4.18. The highest BCUT2D eigenvalue weighted by atomic mass is 16.2. The Morgan fingerprint density at radius 3 is 2.45 bits per heavy atom. The standard InChI is InChI=1S/C16H25N3O/c1-11(2)12-4-3-5-15(10-12)18-13-6-8-14(9-7-13)19-16(17)20/h6-9,11-12,15,18H,3-5,10H2,1-2H3,(H3,17,19,20). The lowest BCUT2D eigenvalue weighted by molar-refractivity contribution is 0.259. The summed E-state index contributed by atoms with van der Waals surface area (Å²) in [5.74, 6) is 1.60. The molecule has 1 aliphatic rings. The third kappa shape index (κ3) is 4.15. The van der Waals surface area contributed by atoms with Gasteiger partial charge in [-0.2, -0.15) is 0 Å². The van der Waals surface area contributed by atoms with Crippen LogP contribution in [0.3, 0.4) is 0 Å². The molecule has 0 heterocycles. The van der Waals surface area contributed by atoms with Crippen LogP contribution in [0, 0.1) is 11.8 Å². The van der Waals surface area contributed by atoms with E-state index in [1.165, 1.54) is 25.7 Å². The topological polar surface area (TPSA) is 67.2 Å². The Kier molecular flexibility index (Phi) is 4.88. The molecule has 0 bridgehead atoms. The second kappa shape index (κ2) is 6.64. The van der Waals surface area contributed by atoms with Crippen molar-refractivity contribution in [2.45, 2.75) is 45.6 Å². The second-order valence-electron chi connectivity index (χ2n) is 6.08. The Morgan fingerprint density at radius 1 is 1.20 bits per heavy atom. The van der Waals surface area contributed by atoms with Gasteiger partial charge >= 0.3 is 6.03 Å². The van der Waals surface area contributed by atoms with Crippen LogP contribution in [-0.4, -0.2) is 12.1 Å². The average molecular weight is 275 g/mol. The van der Waals surface area contributed by atoms with Crippen LogP contribution >= 0.6 is 0 Å². The molecule has 1 aromatic carbocycles. The van der Waals surface area contributed by atoms with Crippen molar-refractivity contribution in [2.75, 3.05) is 10.6 Å². The Labute approximate surface area is 121 Å². The number of carbonyl (C=O) groups is 1. The van der Waals surface area contributed by atoms with Crippen molar-refractivity contribution < 1.29 is 4.79 Å². The van der Waals surface area contributed by atoms with Crippen LogP contribution in [-0.2, 0) is 0 Å². The number of anilines is 2. The zero-order chi connectivity index (χ0) is 14.5. The van der Waals surface area contributed by atoms with Gasteiger partial charge in [0.05, 0.1) is 0 Å². The molecule has 1 saturated carbocycles. The SMILES string of the molecule is CC(C)C1CCCC(Nc2ccc(NC(N)=O)cc2)C1. The van der Waals surface area contributed by atoms with E-state index in [9.17, 15) is 4.79 Å². The van der Waals surface area contributed by atoms with Gasteiger partial charge in [-0.25, -0.2) is 4.79 Å². The molecule has 1 fully saturated rings. The van der Waals surface area contributed by atoms with E-state index in [1.807, 2.05) is 24.3 Å². The van der Waals surface area contributed by atoms with Gasteiger partial charge < -0.3 is 16.4 Å². The van der Waals surface area contributed by atoms with E-state index in [-0.39, 0.29) is 0 Å². The first kappa shape index (κ1) is 14.7. The first-order valence-corrected chi connectivity index (χ1v) is 7.47. The number of carbonyl (C=O) groups excluding carboxylic acids is 1. The number of urea groups is 1. The van der Waals surface area contributed by atoms with Gasteiger partial charge in [-0.3, -0.25) is 0 Å². The minimum absolute atomic E-state index is 0.530. The Bertz CT molecular complexity index is 442. The lowest BCUT2D eigenvalue weighted by Crippen LogP contribution is -2.29. The van der Waals surface area contributed by atoms with Gasteiger partial charge in [-0.15, -0.1) is 0 Å². The summed E-state index contributed by atoms with van der Waals surface area (Å²) < 4.78 is 0. The first-order chi connectivity index (χ1) is 9.54. The van der Waals surface area contributed by atoms with E-state index >= 15 is 0 Å². The van der Waals surface area contributed by atoms with Crippen molar-refractivity contribution in [3.05, 3.63) is 24.3 Å². The van der Waals surface area contributed by atoms with Crippen LogP contribution in [0.25, 0.3) is 0 Å². The maximum atomic E-state index is 10.8. The summed E-state index contributed by atoms with van der Waals surface area (Å²) in [7, 11) is 0. The normalized spacial score (nSPS) is 22.6. The average Bonchev–Trinajstić information content (AvgIpc) is 2.41. The Morgan fingerprint density at radius 2 is 1.85 bits per heavy atom. The molecular formula is C16H25N3O. The number of rotatable bonds is 4. The van der Waals surface area contributed by atoms with Crippen molar-refractivity contribution in [1.29, 1.82) is 0 Å². The van der Waals surface area contributed by atoms with Crippen LogP contribution in [0.2, 0.25) is 0 Å². The fourth-order valence-corrected chi connectivity index (χ4v) is 2.99. The number of hydrogen-bond acceptors (Lipinski definition) is 2. The predicted molar refractivity (Wildman–Crippen MR) is 83.9 cm³/mol. The molecule has 1 aromatic rings. The van der Waals surface area contributed by atoms with Gasteiger partial charge in [0, 0.05) is 17.4 Å². The third-order valence-corrected chi connectivity index (χ3v) is 4.18. The summed E-state index contributed by atoms with van der Waals surface area (Å²) in [6.07, 6.45) is 5.16. The highest BCUT2D eigenvalue weighted by Gasteiger charge is 2.23. The summed E-state index contributed by atoms with van der Waals surface area (Å²) in [6.45, 7) is 4.63. The van der Waals surface area contributed by atoms with Gasteiger partial charge in [0.25, 0.3) is 0 Å². The molecule has 0 saturated heterocycles. The molecule has 0 aliphatic heterocycles. The van der Waals surface area contributed by atoms with Crippen molar-refractivity contribution in [3.8, 4) is 0 Å². The molecule has 0 spiro atoms. The molecule has 2 amide bonds. The molecule has 2 unspecified atom stereocenters. The lowest BCUT2D eigenvalue weighted by atomic mass is 9.79. The zero-order valence-corrected chi connectivity index (χ0v) is 12.4. The summed E-state index contributed by atoms with van der Waals surface area (Å²) in [4.78, 5) is 10.8. The summed E-state index contributed by atoms with van der Waals surface area (Å²) >= 11 is 0. The van der Waals surface area contributed by atoms with Crippen LogP contribution in [0.4, 0.5) is 16.2 Å². The molecule has 110 valence electrons. The summed E-state index contributed by atoms with van der Waals surface area (Å²) in [5.41, 5.74) is 6.92. The van der Waals surface area contributed by atoms with Gasteiger partial charge in [-0.05, 0) is 48.9 Å². The largest absolute Gasteiger partial charge is 0.382 e. The molecule has 2 atom stereocenters. The zero-order valence-electron chi connectivity index (χ0n) is 12.4. The molecule has 2 rings (SSSR count). The highest BCUT2D eigenvalue weighted by Crippen LogP contribution is 2.31. The molecule has 0 radical (unpaired) electrons. The Hall–Kier alpha value is -1.71. The van der Waals surface area contributed by atoms with E-state index in [0.717, 1.165) is 23.2 Å². The predicted octanol–water partition coefficient (Wildman–Crippen LogP) is 3.80. The monoisotopic (exact) mass is 275 g/mol. The van der Waals surface area contributed by atoms with Crippen LogP contribution in [0.5, 0.6) is 0 Å². The summed E-state index contributed by atoms with van der Waals surface area (Å²) in [5, 5.41) is 6.17. The van der Waals surface area contributed by atoms with Gasteiger partial charge in [0.1, 0.15) is 0 Å². The number of nitrogens with two attached hydrogens (primary N) is 1. The fraction of sp³-hybridized carbons (Fsp3) is 0.562. The molecule has 4 heteroatoms. The van der Waals surface area contributed by atoms with Crippen LogP contribution in [0.1, 0.15) is 39.5 Å². The minimum atomic E-state index is -0.530. The molecule has 4 nitrogen and oxygen atoms in total. The molecule has 20 heavy (non-hydrogen) atoms. The number of hydrogen-bond donors (Lipinski definition) is 3. The van der Waals surface area contributed by atoms with Crippen molar-refractivity contribution in [1.82, 2.24) is 0 Å². The second-order valence-corrected chi connectivity index (χ2v) is 6.08. The maximum absolute atomic E-state index is 10.8. The number of amides is 2. The lowest BCUT2D eigenvalue weighted by Gasteiger charge is -2.32. The van der Waals surface area contributed by atoms with Gasteiger partial charge in [-0.1, -0.05) is 26.7 Å². The van der Waals surface area contributed by atoms with Crippen molar-refractivity contribution in [3.63, 3.8) is 0 Å². The van der Waals surface area contributed by atoms with E-state index < -0.39 is 6.03 Å². The molecular weight excluding hydrogens is 250 g/mol. The van der Waals surface area contributed by atoms with E-state index in [4.69, 9.17) is 5.73 Å². The molecule has 1 aliphatic carbocycles. The summed E-state index contributed by atoms with van der Waals surface area (Å²) in [6, 6.07) is 7.75. The first-order valence-electron chi connectivity index (χ1n) is 7.47. The van der Waals surface area contributed by atoms with Crippen LogP contribution in [0.15, 0.2) is 24.3 Å². The minimum Gasteiger partial charge on any atom is -0.382 e.